The molecule has 0 aliphatic rings. The lowest BCUT2D eigenvalue weighted by molar-refractivity contribution is 0.484. The van der Waals surface area contributed by atoms with Crippen LogP contribution in [-0.4, -0.2) is 6.21 Å². The summed E-state index contributed by atoms with van der Waals surface area (Å²) in [7, 11) is 0. The number of nitrogens with one attached hydrogen (secondary N) is 1. The number of hydrogen-bond donors (Lipinski definition) is 1. The summed E-state index contributed by atoms with van der Waals surface area (Å²) in [6.45, 7) is 0. The maximum Gasteiger partial charge on any atom is 0.147 e. The van der Waals surface area contributed by atoms with Crippen molar-refractivity contribution in [2.45, 2.75) is 0 Å². The second-order valence-electron chi connectivity index (χ2n) is 4.44. The zero-order valence-corrected chi connectivity index (χ0v) is 13.1. The third-order valence-corrected chi connectivity index (χ3v) is 3.93. The smallest absolute Gasteiger partial charge is 0.147 e. The molecule has 0 saturated carbocycles. The van der Waals surface area contributed by atoms with Crippen LogP contribution in [0.5, 0.6) is 11.5 Å². The molecule has 0 bridgehead atoms. The van der Waals surface area contributed by atoms with E-state index in [1.165, 1.54) is 0 Å². The van der Waals surface area contributed by atoms with E-state index in [2.05, 4.69) is 10.5 Å². The van der Waals surface area contributed by atoms with E-state index >= 15 is 0 Å². The lowest BCUT2D eigenvalue weighted by Gasteiger charge is -2.04. The van der Waals surface area contributed by atoms with Crippen LogP contribution in [0.25, 0.3) is 0 Å². The number of hydrazone groups is 1. The van der Waals surface area contributed by atoms with E-state index < -0.39 is 0 Å². The monoisotopic (exact) mass is 328 g/mol. The Morgan fingerprint density at radius 3 is 2.55 bits per heavy atom. The SMILES string of the molecule is Clc1ccc(NN=Cc2sccc2Oc2ccccc2)cc1. The summed E-state index contributed by atoms with van der Waals surface area (Å²) in [5.74, 6) is 1.60. The van der Waals surface area contributed by atoms with Gasteiger partial charge in [-0.3, -0.25) is 5.43 Å². The Labute approximate surface area is 137 Å². The molecule has 1 N–H and O–H groups in total. The van der Waals surface area contributed by atoms with Crippen molar-refractivity contribution in [1.82, 2.24) is 0 Å². The normalized spacial score (nSPS) is 10.8. The summed E-state index contributed by atoms with van der Waals surface area (Å²) in [5, 5.41) is 6.90. The van der Waals surface area contributed by atoms with Gasteiger partial charge in [-0.2, -0.15) is 5.10 Å². The van der Waals surface area contributed by atoms with Gasteiger partial charge in [0.15, 0.2) is 0 Å². The number of benzene rings is 2. The van der Waals surface area contributed by atoms with Crippen LogP contribution in [0.3, 0.4) is 0 Å². The predicted octanol–water partition coefficient (Wildman–Crippen LogP) is 5.64. The van der Waals surface area contributed by atoms with E-state index in [9.17, 15) is 0 Å². The van der Waals surface area contributed by atoms with Crippen molar-refractivity contribution < 1.29 is 4.74 Å². The fourth-order valence-electron chi connectivity index (χ4n) is 1.79. The highest BCUT2D eigenvalue weighted by molar-refractivity contribution is 7.12. The molecule has 0 saturated heterocycles. The molecule has 0 aliphatic carbocycles. The van der Waals surface area contributed by atoms with Gasteiger partial charge in [0.05, 0.1) is 16.8 Å². The number of para-hydroxylation sites is 1. The standard InChI is InChI=1S/C17H13ClN2OS/c18-13-6-8-14(9-7-13)20-19-12-17-16(10-11-22-17)21-15-4-2-1-3-5-15/h1-12,20H. The lowest BCUT2D eigenvalue weighted by atomic mass is 10.3. The summed E-state index contributed by atoms with van der Waals surface area (Å²) < 4.78 is 5.84. The van der Waals surface area contributed by atoms with E-state index in [1.54, 1.807) is 17.6 Å². The zero-order valence-electron chi connectivity index (χ0n) is 11.6. The summed E-state index contributed by atoms with van der Waals surface area (Å²) in [6, 6.07) is 19.0. The molecule has 1 heterocycles. The summed E-state index contributed by atoms with van der Waals surface area (Å²) in [4.78, 5) is 0.949. The van der Waals surface area contributed by atoms with Crippen molar-refractivity contribution in [2.75, 3.05) is 5.43 Å². The molecule has 3 rings (SSSR count). The van der Waals surface area contributed by atoms with E-state index in [1.807, 2.05) is 66.0 Å². The van der Waals surface area contributed by atoms with Crippen LogP contribution in [0.2, 0.25) is 5.02 Å². The number of anilines is 1. The van der Waals surface area contributed by atoms with Gasteiger partial charge in [-0.25, -0.2) is 0 Å². The molecule has 0 unspecified atom stereocenters. The minimum Gasteiger partial charge on any atom is -0.456 e. The molecule has 3 nitrogen and oxygen atoms in total. The Hall–Kier alpha value is -2.30. The summed E-state index contributed by atoms with van der Waals surface area (Å²) in [6.07, 6.45) is 1.75. The van der Waals surface area contributed by atoms with Crippen molar-refractivity contribution >= 4 is 34.8 Å². The molecule has 22 heavy (non-hydrogen) atoms. The number of rotatable bonds is 5. The van der Waals surface area contributed by atoms with Crippen molar-refractivity contribution in [3.05, 3.63) is 75.9 Å². The second kappa shape index (κ2) is 7.11. The molecule has 110 valence electrons. The van der Waals surface area contributed by atoms with Gasteiger partial charge in [-0.15, -0.1) is 11.3 Å². The van der Waals surface area contributed by atoms with E-state index in [0.29, 0.717) is 5.02 Å². The van der Waals surface area contributed by atoms with Gasteiger partial charge in [-0.05, 0) is 47.8 Å². The Morgan fingerprint density at radius 1 is 1.00 bits per heavy atom. The molecule has 0 spiro atoms. The van der Waals surface area contributed by atoms with Crippen molar-refractivity contribution in [1.29, 1.82) is 0 Å². The maximum atomic E-state index is 5.84. The molecule has 1 aromatic heterocycles. The first-order valence-electron chi connectivity index (χ1n) is 6.66. The summed E-state index contributed by atoms with van der Waals surface area (Å²) in [5.41, 5.74) is 3.84. The van der Waals surface area contributed by atoms with Gasteiger partial charge in [-0.1, -0.05) is 29.8 Å². The van der Waals surface area contributed by atoms with Crippen molar-refractivity contribution in [3.8, 4) is 11.5 Å². The zero-order chi connectivity index (χ0) is 15.2. The van der Waals surface area contributed by atoms with E-state index in [-0.39, 0.29) is 0 Å². The molecule has 5 heteroatoms. The fourth-order valence-corrected chi connectivity index (χ4v) is 2.60. The Balaban J connectivity index is 1.67. The van der Waals surface area contributed by atoms with Crippen LogP contribution in [-0.2, 0) is 0 Å². The van der Waals surface area contributed by atoms with Crippen LogP contribution in [0.15, 0.2) is 71.1 Å². The van der Waals surface area contributed by atoms with Crippen LogP contribution in [0, 0.1) is 0 Å². The minimum atomic E-state index is 0.700. The first-order chi connectivity index (χ1) is 10.8. The Morgan fingerprint density at radius 2 is 1.77 bits per heavy atom. The summed E-state index contributed by atoms with van der Waals surface area (Å²) >= 11 is 7.41. The number of hydrogen-bond acceptors (Lipinski definition) is 4. The third-order valence-electron chi connectivity index (χ3n) is 2.85. The number of ether oxygens (including phenoxy) is 1. The molecule has 2 aromatic carbocycles. The van der Waals surface area contributed by atoms with E-state index in [4.69, 9.17) is 16.3 Å². The number of nitrogens with zero attached hydrogens (tertiary/aromatic N) is 1. The van der Waals surface area contributed by atoms with Crippen molar-refractivity contribution in [3.63, 3.8) is 0 Å². The second-order valence-corrected chi connectivity index (χ2v) is 5.83. The number of thiophene rings is 1. The van der Waals surface area contributed by atoms with Gasteiger partial charge in [0.2, 0.25) is 0 Å². The minimum absolute atomic E-state index is 0.700. The molecule has 0 atom stereocenters. The number of halogens is 1. The predicted molar refractivity (Wildman–Crippen MR) is 93.5 cm³/mol. The topological polar surface area (TPSA) is 33.6 Å². The first kappa shape index (κ1) is 14.6. The Kier molecular flexibility index (Phi) is 4.73. The highest BCUT2D eigenvalue weighted by atomic mass is 35.5. The average Bonchev–Trinajstić information content (AvgIpc) is 2.98. The van der Waals surface area contributed by atoms with Gasteiger partial charge < -0.3 is 4.74 Å². The third kappa shape index (κ3) is 3.87. The maximum absolute atomic E-state index is 5.84. The Bertz CT molecular complexity index is 754. The quantitative estimate of drug-likeness (QED) is 0.485. The van der Waals surface area contributed by atoms with Gasteiger partial charge in [0.25, 0.3) is 0 Å². The van der Waals surface area contributed by atoms with Crippen LogP contribution < -0.4 is 10.2 Å². The lowest BCUT2D eigenvalue weighted by Crippen LogP contribution is -1.90. The van der Waals surface area contributed by atoms with E-state index in [0.717, 1.165) is 22.1 Å². The molecule has 3 aromatic rings. The van der Waals surface area contributed by atoms with Crippen LogP contribution >= 0.6 is 22.9 Å². The van der Waals surface area contributed by atoms with Crippen LogP contribution in [0.1, 0.15) is 4.88 Å². The molecule has 0 aliphatic heterocycles. The van der Waals surface area contributed by atoms with Crippen LogP contribution in [0.4, 0.5) is 5.69 Å². The van der Waals surface area contributed by atoms with Gasteiger partial charge in [0.1, 0.15) is 11.5 Å². The molecule has 0 radical (unpaired) electrons. The molecular formula is C17H13ClN2OS. The largest absolute Gasteiger partial charge is 0.456 e. The highest BCUT2D eigenvalue weighted by Crippen LogP contribution is 2.28. The fraction of sp³-hybridized carbons (Fsp3) is 0. The van der Waals surface area contributed by atoms with Crippen molar-refractivity contribution in [2.24, 2.45) is 5.10 Å². The average molecular weight is 329 g/mol. The van der Waals surface area contributed by atoms with Gasteiger partial charge >= 0.3 is 0 Å². The highest BCUT2D eigenvalue weighted by Gasteiger charge is 2.04. The first-order valence-corrected chi connectivity index (χ1v) is 7.92. The molecular weight excluding hydrogens is 316 g/mol. The van der Waals surface area contributed by atoms with Gasteiger partial charge in [0, 0.05) is 5.02 Å². The molecule has 0 amide bonds. The molecule has 0 fully saturated rings.